The van der Waals surface area contributed by atoms with E-state index in [0.29, 0.717) is 31.7 Å². The summed E-state index contributed by atoms with van der Waals surface area (Å²) in [5.74, 6) is -0.120. The highest BCUT2D eigenvalue weighted by molar-refractivity contribution is 7.11. The molecule has 3 heterocycles. The van der Waals surface area contributed by atoms with Gasteiger partial charge in [0.05, 0.1) is 18.4 Å². The first kappa shape index (κ1) is 17.4. The summed E-state index contributed by atoms with van der Waals surface area (Å²) in [6, 6.07) is 3.52. The van der Waals surface area contributed by atoms with Crippen molar-refractivity contribution < 1.29 is 19.1 Å². The molecule has 0 spiro atoms. The van der Waals surface area contributed by atoms with Crippen LogP contribution in [0.5, 0.6) is 0 Å². The van der Waals surface area contributed by atoms with Crippen molar-refractivity contribution in [2.45, 2.75) is 13.0 Å². The number of furan rings is 1. The monoisotopic (exact) mass is 360 g/mol. The molecule has 0 aromatic carbocycles. The van der Waals surface area contributed by atoms with E-state index >= 15 is 0 Å². The zero-order chi connectivity index (χ0) is 17.6. The molecule has 0 radical (unpaired) electrons. The van der Waals surface area contributed by atoms with Gasteiger partial charge >= 0.3 is 0 Å². The maximum Gasteiger partial charge on any atom is 0.257 e. The third-order valence-corrected chi connectivity index (χ3v) is 5.06. The summed E-state index contributed by atoms with van der Waals surface area (Å²) >= 11 is 1.49. The number of hydrogen-bond acceptors (Lipinski definition) is 5. The SMILES string of the molecule is O=C(/C=C/c1cc(CO)cs1)N1CCCN(C(=O)c2ccoc2)CC1. The fraction of sp³-hybridized carbons (Fsp3) is 0.333. The standard InChI is InChI=1S/C18H20N2O4S/c21-11-14-10-16(25-13-14)2-3-17(22)19-5-1-6-20(8-7-19)18(23)15-4-9-24-12-15/h2-4,9-10,12-13,21H,1,5-8,11H2/b3-2+. The molecule has 0 bridgehead atoms. The van der Waals surface area contributed by atoms with Crippen LogP contribution in [0.4, 0.5) is 0 Å². The smallest absolute Gasteiger partial charge is 0.257 e. The van der Waals surface area contributed by atoms with Crippen LogP contribution in [-0.2, 0) is 11.4 Å². The van der Waals surface area contributed by atoms with Crippen molar-refractivity contribution in [1.29, 1.82) is 0 Å². The highest BCUT2D eigenvalue weighted by Crippen LogP contribution is 2.16. The summed E-state index contributed by atoms with van der Waals surface area (Å²) in [5.41, 5.74) is 1.39. The number of carbonyl (C=O) groups is 2. The topological polar surface area (TPSA) is 74.0 Å². The lowest BCUT2D eigenvalue weighted by atomic mass is 10.3. The van der Waals surface area contributed by atoms with Gasteiger partial charge in [0.25, 0.3) is 5.91 Å². The molecule has 0 unspecified atom stereocenters. The molecule has 3 rings (SSSR count). The fourth-order valence-electron chi connectivity index (χ4n) is 2.73. The molecule has 1 fully saturated rings. The van der Waals surface area contributed by atoms with E-state index < -0.39 is 0 Å². The van der Waals surface area contributed by atoms with Crippen LogP contribution in [0.3, 0.4) is 0 Å². The number of hydrogen-bond donors (Lipinski definition) is 1. The minimum absolute atomic E-state index is 0.00490. The van der Waals surface area contributed by atoms with Crippen molar-refractivity contribution in [1.82, 2.24) is 9.80 Å². The van der Waals surface area contributed by atoms with Gasteiger partial charge < -0.3 is 19.3 Å². The first-order chi connectivity index (χ1) is 12.2. The second-order valence-corrected chi connectivity index (χ2v) is 6.77. The van der Waals surface area contributed by atoms with E-state index in [2.05, 4.69) is 0 Å². The predicted octanol–water partition coefficient (Wildman–Crippen LogP) is 2.22. The highest BCUT2D eigenvalue weighted by Gasteiger charge is 2.22. The average molecular weight is 360 g/mol. The Balaban J connectivity index is 1.57. The maximum absolute atomic E-state index is 12.4. The van der Waals surface area contributed by atoms with Gasteiger partial charge in [-0.2, -0.15) is 0 Å². The van der Waals surface area contributed by atoms with Crippen LogP contribution < -0.4 is 0 Å². The van der Waals surface area contributed by atoms with Crippen LogP contribution in [0, 0.1) is 0 Å². The normalized spacial score (nSPS) is 15.6. The minimum Gasteiger partial charge on any atom is -0.472 e. The predicted molar refractivity (Wildman–Crippen MR) is 95.1 cm³/mol. The largest absolute Gasteiger partial charge is 0.472 e. The zero-order valence-electron chi connectivity index (χ0n) is 13.8. The van der Waals surface area contributed by atoms with Gasteiger partial charge in [-0.15, -0.1) is 11.3 Å². The third kappa shape index (κ3) is 4.37. The molecule has 1 N–H and O–H groups in total. The molecule has 0 saturated carbocycles. The molecule has 2 aromatic rings. The van der Waals surface area contributed by atoms with E-state index in [1.807, 2.05) is 11.4 Å². The summed E-state index contributed by atoms with van der Waals surface area (Å²) < 4.78 is 4.97. The van der Waals surface area contributed by atoms with Gasteiger partial charge in [-0.25, -0.2) is 0 Å². The van der Waals surface area contributed by atoms with E-state index in [0.717, 1.165) is 16.9 Å². The Bertz CT molecular complexity index is 751. The second kappa shape index (κ2) is 8.13. The lowest BCUT2D eigenvalue weighted by Gasteiger charge is -2.20. The molecule has 2 amide bonds. The van der Waals surface area contributed by atoms with E-state index in [-0.39, 0.29) is 18.4 Å². The van der Waals surface area contributed by atoms with Crippen molar-refractivity contribution in [3.05, 3.63) is 52.1 Å². The molecule has 7 heteroatoms. The van der Waals surface area contributed by atoms with Crippen LogP contribution in [0.1, 0.15) is 27.2 Å². The molecule has 2 aromatic heterocycles. The van der Waals surface area contributed by atoms with Gasteiger partial charge in [0, 0.05) is 37.1 Å². The Morgan fingerprint density at radius 1 is 1.24 bits per heavy atom. The molecule has 1 aliphatic heterocycles. The summed E-state index contributed by atoms with van der Waals surface area (Å²) in [7, 11) is 0. The lowest BCUT2D eigenvalue weighted by molar-refractivity contribution is -0.125. The first-order valence-corrected chi connectivity index (χ1v) is 9.02. The second-order valence-electron chi connectivity index (χ2n) is 5.83. The quantitative estimate of drug-likeness (QED) is 0.849. The van der Waals surface area contributed by atoms with Crippen LogP contribution >= 0.6 is 11.3 Å². The maximum atomic E-state index is 12.4. The number of aliphatic hydroxyl groups excluding tert-OH is 1. The van der Waals surface area contributed by atoms with Crippen LogP contribution in [-0.4, -0.2) is 52.9 Å². The van der Waals surface area contributed by atoms with Gasteiger partial charge in [-0.3, -0.25) is 9.59 Å². The van der Waals surface area contributed by atoms with Crippen molar-refractivity contribution in [3.63, 3.8) is 0 Å². The Kier molecular flexibility index (Phi) is 5.67. The Hall–Kier alpha value is -2.38. The van der Waals surface area contributed by atoms with Gasteiger partial charge in [0.15, 0.2) is 0 Å². The van der Waals surface area contributed by atoms with Crippen LogP contribution in [0.15, 0.2) is 40.5 Å². The van der Waals surface area contributed by atoms with Crippen LogP contribution in [0.2, 0.25) is 0 Å². The molecule has 6 nitrogen and oxygen atoms in total. The zero-order valence-corrected chi connectivity index (χ0v) is 14.6. The van der Waals surface area contributed by atoms with Gasteiger partial charge in [0.1, 0.15) is 6.26 Å². The van der Waals surface area contributed by atoms with E-state index in [1.165, 1.54) is 23.9 Å². The summed E-state index contributed by atoms with van der Waals surface area (Å²) in [4.78, 5) is 29.2. The molecule has 132 valence electrons. The average Bonchev–Trinajstić information content (AvgIpc) is 3.26. The molecular formula is C18H20N2O4S. The van der Waals surface area contributed by atoms with Crippen molar-refractivity contribution in [2.24, 2.45) is 0 Å². The van der Waals surface area contributed by atoms with Crippen LogP contribution in [0.25, 0.3) is 6.08 Å². The summed E-state index contributed by atoms with van der Waals surface area (Å²) in [5, 5.41) is 10.9. The minimum atomic E-state index is -0.0614. The van der Waals surface area contributed by atoms with Gasteiger partial charge in [-0.05, 0) is 35.6 Å². The van der Waals surface area contributed by atoms with Gasteiger partial charge in [0.2, 0.25) is 5.91 Å². The van der Waals surface area contributed by atoms with Crippen molar-refractivity contribution in [2.75, 3.05) is 26.2 Å². The molecule has 1 aliphatic rings. The summed E-state index contributed by atoms with van der Waals surface area (Å²) in [6.45, 7) is 2.29. The number of nitrogens with zero attached hydrogens (tertiary/aromatic N) is 2. The molecule has 1 saturated heterocycles. The highest BCUT2D eigenvalue weighted by atomic mass is 32.1. The first-order valence-electron chi connectivity index (χ1n) is 8.14. The van der Waals surface area contributed by atoms with Crippen molar-refractivity contribution in [3.8, 4) is 0 Å². The van der Waals surface area contributed by atoms with E-state index in [1.54, 1.807) is 28.0 Å². The molecule has 25 heavy (non-hydrogen) atoms. The van der Waals surface area contributed by atoms with E-state index in [9.17, 15) is 9.59 Å². The Labute approximate surface area is 150 Å². The third-order valence-electron chi connectivity index (χ3n) is 4.11. The molecule has 0 aliphatic carbocycles. The Morgan fingerprint density at radius 3 is 2.76 bits per heavy atom. The number of carbonyl (C=O) groups excluding carboxylic acids is 2. The number of aliphatic hydroxyl groups is 1. The molecule has 0 atom stereocenters. The number of amides is 2. The Morgan fingerprint density at radius 2 is 2.04 bits per heavy atom. The fourth-order valence-corrected chi connectivity index (χ4v) is 3.53. The number of thiophene rings is 1. The number of rotatable bonds is 4. The van der Waals surface area contributed by atoms with Gasteiger partial charge in [-0.1, -0.05) is 0 Å². The molecular weight excluding hydrogens is 340 g/mol. The van der Waals surface area contributed by atoms with E-state index in [4.69, 9.17) is 9.52 Å². The van der Waals surface area contributed by atoms with Crippen molar-refractivity contribution >= 4 is 29.2 Å². The summed E-state index contributed by atoms with van der Waals surface area (Å²) in [6.07, 6.45) is 7.00. The lowest BCUT2D eigenvalue weighted by Crippen LogP contribution is -2.36.